The quantitative estimate of drug-likeness (QED) is 0.812. The fraction of sp³-hybridized carbons (Fsp3) is 0.500. The standard InChI is InChI=1S/C14H22N2O/c1-4-16-14(17)13(9-15)8-12-6-5-10(2)11(3)7-12/h5-7,13H,4,8-9,15H2,1-3H3,(H,16,17). The van der Waals surface area contributed by atoms with Crippen LogP contribution in [0.5, 0.6) is 0 Å². The lowest BCUT2D eigenvalue weighted by molar-refractivity contribution is -0.124. The van der Waals surface area contributed by atoms with E-state index in [1.165, 1.54) is 16.7 Å². The van der Waals surface area contributed by atoms with E-state index in [1.54, 1.807) is 0 Å². The van der Waals surface area contributed by atoms with E-state index in [1.807, 2.05) is 6.92 Å². The number of hydrogen-bond donors (Lipinski definition) is 2. The van der Waals surface area contributed by atoms with E-state index in [0.717, 1.165) is 0 Å². The fourth-order valence-electron chi connectivity index (χ4n) is 1.82. The second kappa shape index (κ2) is 6.40. The predicted molar refractivity (Wildman–Crippen MR) is 70.8 cm³/mol. The molecule has 0 heterocycles. The molecule has 3 nitrogen and oxygen atoms in total. The minimum absolute atomic E-state index is 0.0493. The molecule has 0 aliphatic rings. The smallest absolute Gasteiger partial charge is 0.224 e. The molecule has 0 aliphatic heterocycles. The van der Waals surface area contributed by atoms with Gasteiger partial charge in [0.15, 0.2) is 0 Å². The molecule has 0 spiro atoms. The second-order valence-electron chi connectivity index (χ2n) is 4.45. The largest absolute Gasteiger partial charge is 0.356 e. The van der Waals surface area contributed by atoms with E-state index in [2.05, 4.69) is 37.4 Å². The maximum atomic E-state index is 11.7. The van der Waals surface area contributed by atoms with Crippen molar-refractivity contribution < 1.29 is 4.79 Å². The highest BCUT2D eigenvalue weighted by Crippen LogP contribution is 2.13. The van der Waals surface area contributed by atoms with Crippen molar-refractivity contribution in [3.63, 3.8) is 0 Å². The Bertz CT molecular complexity index is 388. The van der Waals surface area contributed by atoms with Crippen LogP contribution in [0.25, 0.3) is 0 Å². The minimum Gasteiger partial charge on any atom is -0.356 e. The molecule has 0 bridgehead atoms. The molecule has 0 aromatic heterocycles. The van der Waals surface area contributed by atoms with Crippen molar-refractivity contribution in [3.8, 4) is 0 Å². The third-order valence-corrected chi connectivity index (χ3v) is 3.06. The lowest BCUT2D eigenvalue weighted by Gasteiger charge is -2.15. The molecule has 1 rings (SSSR count). The van der Waals surface area contributed by atoms with Gasteiger partial charge in [0, 0.05) is 13.1 Å². The molecular weight excluding hydrogens is 212 g/mol. The number of carbonyl (C=O) groups excluding carboxylic acids is 1. The molecule has 1 unspecified atom stereocenters. The summed E-state index contributed by atoms with van der Waals surface area (Å²) in [7, 11) is 0. The summed E-state index contributed by atoms with van der Waals surface area (Å²) in [4.78, 5) is 11.7. The zero-order chi connectivity index (χ0) is 12.8. The van der Waals surface area contributed by atoms with Gasteiger partial charge in [-0.1, -0.05) is 18.2 Å². The summed E-state index contributed by atoms with van der Waals surface area (Å²) in [6, 6.07) is 6.30. The van der Waals surface area contributed by atoms with Gasteiger partial charge in [0.1, 0.15) is 0 Å². The van der Waals surface area contributed by atoms with Gasteiger partial charge in [-0.25, -0.2) is 0 Å². The number of nitrogens with two attached hydrogens (primary N) is 1. The van der Waals surface area contributed by atoms with Crippen LogP contribution in [0.2, 0.25) is 0 Å². The number of benzene rings is 1. The first-order chi connectivity index (χ1) is 8.08. The summed E-state index contributed by atoms with van der Waals surface area (Å²) in [6.07, 6.45) is 0.712. The van der Waals surface area contributed by atoms with Crippen LogP contribution in [0.3, 0.4) is 0 Å². The molecule has 0 radical (unpaired) electrons. The fourth-order valence-corrected chi connectivity index (χ4v) is 1.82. The third-order valence-electron chi connectivity index (χ3n) is 3.06. The molecular formula is C14H22N2O. The monoisotopic (exact) mass is 234 g/mol. The average Bonchev–Trinajstić information content (AvgIpc) is 2.30. The van der Waals surface area contributed by atoms with Crippen molar-refractivity contribution >= 4 is 5.91 Å². The lowest BCUT2D eigenvalue weighted by Crippen LogP contribution is -2.36. The Hall–Kier alpha value is -1.35. The van der Waals surface area contributed by atoms with Gasteiger partial charge in [-0.15, -0.1) is 0 Å². The van der Waals surface area contributed by atoms with E-state index < -0.39 is 0 Å². The average molecular weight is 234 g/mol. The van der Waals surface area contributed by atoms with Crippen LogP contribution >= 0.6 is 0 Å². The van der Waals surface area contributed by atoms with Gasteiger partial charge in [0.05, 0.1) is 5.92 Å². The SMILES string of the molecule is CCNC(=O)C(CN)Cc1ccc(C)c(C)c1. The number of carbonyl (C=O) groups is 1. The molecule has 1 atom stereocenters. The molecule has 3 heteroatoms. The molecule has 0 aliphatic carbocycles. The second-order valence-corrected chi connectivity index (χ2v) is 4.45. The maximum Gasteiger partial charge on any atom is 0.224 e. The molecule has 3 N–H and O–H groups in total. The summed E-state index contributed by atoms with van der Waals surface area (Å²) in [5.74, 6) is -0.0784. The van der Waals surface area contributed by atoms with Gasteiger partial charge in [0.25, 0.3) is 0 Å². The molecule has 17 heavy (non-hydrogen) atoms. The Morgan fingerprint density at radius 1 is 1.35 bits per heavy atom. The van der Waals surface area contributed by atoms with Crippen molar-refractivity contribution in [2.24, 2.45) is 11.7 Å². The van der Waals surface area contributed by atoms with E-state index in [9.17, 15) is 4.79 Å². The zero-order valence-electron chi connectivity index (χ0n) is 10.9. The van der Waals surface area contributed by atoms with Crippen molar-refractivity contribution in [1.29, 1.82) is 0 Å². The summed E-state index contributed by atoms with van der Waals surface area (Å²) < 4.78 is 0. The summed E-state index contributed by atoms with van der Waals surface area (Å²) in [5.41, 5.74) is 9.37. The van der Waals surface area contributed by atoms with Gasteiger partial charge in [-0.2, -0.15) is 0 Å². The Labute approximate surface area is 103 Å². The van der Waals surface area contributed by atoms with Crippen LogP contribution in [0.15, 0.2) is 18.2 Å². The van der Waals surface area contributed by atoms with Crippen molar-refractivity contribution in [2.45, 2.75) is 27.2 Å². The summed E-state index contributed by atoms with van der Waals surface area (Å²) >= 11 is 0. The van der Waals surface area contributed by atoms with Crippen LogP contribution in [-0.4, -0.2) is 19.0 Å². The number of rotatable bonds is 5. The van der Waals surface area contributed by atoms with Gasteiger partial charge in [-0.05, 0) is 43.9 Å². The number of aryl methyl sites for hydroxylation is 2. The lowest BCUT2D eigenvalue weighted by atomic mass is 9.96. The highest BCUT2D eigenvalue weighted by Gasteiger charge is 2.16. The van der Waals surface area contributed by atoms with E-state index >= 15 is 0 Å². The molecule has 1 amide bonds. The van der Waals surface area contributed by atoms with Crippen LogP contribution in [0.1, 0.15) is 23.6 Å². The van der Waals surface area contributed by atoms with Gasteiger partial charge in [-0.3, -0.25) is 4.79 Å². The first-order valence-corrected chi connectivity index (χ1v) is 6.12. The Morgan fingerprint density at radius 3 is 2.59 bits per heavy atom. The summed E-state index contributed by atoms with van der Waals surface area (Å²) in [5, 5.41) is 2.82. The van der Waals surface area contributed by atoms with Gasteiger partial charge >= 0.3 is 0 Å². The van der Waals surface area contributed by atoms with Crippen LogP contribution in [-0.2, 0) is 11.2 Å². The normalized spacial score (nSPS) is 12.2. The van der Waals surface area contributed by atoms with Crippen LogP contribution < -0.4 is 11.1 Å². The Kier molecular flexibility index (Phi) is 5.16. The highest BCUT2D eigenvalue weighted by molar-refractivity contribution is 5.79. The predicted octanol–water partition coefficient (Wildman–Crippen LogP) is 1.56. The summed E-state index contributed by atoms with van der Waals surface area (Å²) in [6.45, 7) is 7.13. The molecule has 0 saturated heterocycles. The van der Waals surface area contributed by atoms with E-state index in [0.29, 0.717) is 19.5 Å². The first kappa shape index (κ1) is 13.7. The Balaban J connectivity index is 2.73. The van der Waals surface area contributed by atoms with Crippen molar-refractivity contribution in [3.05, 3.63) is 34.9 Å². The minimum atomic E-state index is -0.128. The van der Waals surface area contributed by atoms with E-state index in [-0.39, 0.29) is 11.8 Å². The van der Waals surface area contributed by atoms with Crippen molar-refractivity contribution in [1.82, 2.24) is 5.32 Å². The zero-order valence-corrected chi connectivity index (χ0v) is 10.9. The highest BCUT2D eigenvalue weighted by atomic mass is 16.1. The molecule has 0 saturated carbocycles. The third kappa shape index (κ3) is 3.86. The molecule has 94 valence electrons. The number of amides is 1. The number of nitrogens with one attached hydrogen (secondary N) is 1. The van der Waals surface area contributed by atoms with E-state index in [4.69, 9.17) is 5.73 Å². The van der Waals surface area contributed by atoms with Gasteiger partial charge in [0.2, 0.25) is 5.91 Å². The topological polar surface area (TPSA) is 55.1 Å². The maximum absolute atomic E-state index is 11.7. The number of hydrogen-bond acceptors (Lipinski definition) is 2. The Morgan fingerprint density at radius 2 is 2.06 bits per heavy atom. The van der Waals surface area contributed by atoms with Crippen LogP contribution in [0, 0.1) is 19.8 Å². The molecule has 0 fully saturated rings. The van der Waals surface area contributed by atoms with Gasteiger partial charge < -0.3 is 11.1 Å². The van der Waals surface area contributed by atoms with Crippen molar-refractivity contribution in [2.75, 3.05) is 13.1 Å². The molecule has 1 aromatic carbocycles. The first-order valence-electron chi connectivity index (χ1n) is 6.12. The molecule has 1 aromatic rings. The van der Waals surface area contributed by atoms with Crippen LogP contribution in [0.4, 0.5) is 0 Å².